The van der Waals surface area contributed by atoms with Gasteiger partial charge in [0, 0.05) is 19.6 Å². The van der Waals surface area contributed by atoms with Crippen LogP contribution in [0.3, 0.4) is 0 Å². The van der Waals surface area contributed by atoms with Gasteiger partial charge in [0.2, 0.25) is 11.8 Å². The van der Waals surface area contributed by atoms with Crippen LogP contribution >= 0.6 is 0 Å². The lowest BCUT2D eigenvalue weighted by Crippen LogP contribution is -2.54. The van der Waals surface area contributed by atoms with Gasteiger partial charge in [0.25, 0.3) is 0 Å². The summed E-state index contributed by atoms with van der Waals surface area (Å²) in [7, 11) is 0. The molecule has 0 radical (unpaired) electrons. The number of nitrogen functional groups attached to an aromatic ring is 1. The summed E-state index contributed by atoms with van der Waals surface area (Å²) in [6.45, 7) is 3.39. The molecule has 1 atom stereocenters. The van der Waals surface area contributed by atoms with E-state index < -0.39 is 5.41 Å². The van der Waals surface area contributed by atoms with E-state index >= 15 is 0 Å². The molecule has 0 spiro atoms. The van der Waals surface area contributed by atoms with E-state index in [2.05, 4.69) is 50.6 Å². The Morgan fingerprint density at radius 1 is 1.12 bits per heavy atom. The van der Waals surface area contributed by atoms with Crippen molar-refractivity contribution in [1.29, 1.82) is 0 Å². The van der Waals surface area contributed by atoms with E-state index in [4.69, 9.17) is 5.73 Å². The van der Waals surface area contributed by atoms with Crippen molar-refractivity contribution >= 4 is 17.6 Å². The summed E-state index contributed by atoms with van der Waals surface area (Å²) in [4.78, 5) is 28.1. The number of rotatable bonds is 7. The minimum absolute atomic E-state index is 0.00427. The number of nitrogens with zero attached hydrogens (tertiary/aromatic N) is 3. The summed E-state index contributed by atoms with van der Waals surface area (Å²) in [6.07, 6.45) is 2.01. The Bertz CT molecular complexity index is 1110. The van der Waals surface area contributed by atoms with Gasteiger partial charge in [-0.1, -0.05) is 59.8 Å². The predicted octanol–water partition coefficient (Wildman–Crippen LogP) is 2.85. The van der Waals surface area contributed by atoms with Crippen molar-refractivity contribution in [3.8, 4) is 11.1 Å². The Balaban J connectivity index is 1.58. The van der Waals surface area contributed by atoms with Crippen LogP contribution < -0.4 is 11.1 Å². The third-order valence-electron chi connectivity index (χ3n) is 6.23. The normalized spacial score (nSPS) is 18.2. The lowest BCUT2D eigenvalue weighted by molar-refractivity contribution is -0.141. The van der Waals surface area contributed by atoms with Crippen LogP contribution in [0, 0.1) is 5.41 Å². The van der Waals surface area contributed by atoms with Crippen molar-refractivity contribution in [3.63, 3.8) is 0 Å². The zero-order valence-corrected chi connectivity index (χ0v) is 18.8. The van der Waals surface area contributed by atoms with Crippen LogP contribution in [0.15, 0.2) is 59.2 Å². The van der Waals surface area contributed by atoms with Gasteiger partial charge < -0.3 is 16.0 Å². The second-order valence-electron chi connectivity index (χ2n) is 8.57. The molecular formula is C25H29N5O3. The molecule has 1 saturated heterocycles. The standard InChI is InChI=1S/C25H29N5O3/c1-2-27-24(32)25(16-18-8-6-11-20(14-18)19-9-4-3-5-10-19)12-7-13-30(17-25)22(31)15-21-23(26)29-33-28-21/h3-6,8-11,14H,2,7,12-13,15-17H2,1H3,(H2,26,29)(H,27,32). The largest absolute Gasteiger partial charge is 0.379 e. The molecule has 8 heteroatoms. The number of carbonyl (C=O) groups excluding carboxylic acids is 2. The average molecular weight is 448 g/mol. The Morgan fingerprint density at radius 3 is 2.64 bits per heavy atom. The van der Waals surface area contributed by atoms with Gasteiger partial charge in [-0.15, -0.1) is 0 Å². The summed E-state index contributed by atoms with van der Waals surface area (Å²) < 4.78 is 4.61. The van der Waals surface area contributed by atoms with E-state index in [1.807, 2.05) is 31.2 Å². The van der Waals surface area contributed by atoms with Crippen molar-refractivity contribution in [1.82, 2.24) is 20.5 Å². The first-order chi connectivity index (χ1) is 16.0. The molecule has 2 amide bonds. The number of nitrogens with two attached hydrogens (primary N) is 1. The fourth-order valence-corrected chi connectivity index (χ4v) is 4.58. The highest BCUT2D eigenvalue weighted by molar-refractivity contribution is 5.85. The van der Waals surface area contributed by atoms with E-state index in [1.165, 1.54) is 0 Å². The third-order valence-corrected chi connectivity index (χ3v) is 6.23. The van der Waals surface area contributed by atoms with Gasteiger partial charge in [0.1, 0.15) is 5.69 Å². The highest BCUT2D eigenvalue weighted by atomic mass is 16.6. The number of aromatic nitrogens is 2. The number of piperidine rings is 1. The van der Waals surface area contributed by atoms with E-state index in [-0.39, 0.29) is 24.1 Å². The molecule has 1 aliphatic rings. The lowest BCUT2D eigenvalue weighted by atomic mass is 9.74. The second-order valence-corrected chi connectivity index (χ2v) is 8.57. The first-order valence-corrected chi connectivity index (χ1v) is 11.3. The molecule has 1 aliphatic heterocycles. The van der Waals surface area contributed by atoms with Crippen molar-refractivity contribution in [3.05, 3.63) is 65.9 Å². The maximum atomic E-state index is 13.3. The molecule has 1 unspecified atom stereocenters. The van der Waals surface area contributed by atoms with E-state index in [1.54, 1.807) is 4.90 Å². The average Bonchev–Trinajstić information content (AvgIpc) is 3.24. The van der Waals surface area contributed by atoms with Crippen LogP contribution in [0.4, 0.5) is 5.82 Å². The molecule has 33 heavy (non-hydrogen) atoms. The molecule has 2 aromatic carbocycles. The second kappa shape index (κ2) is 9.85. The van der Waals surface area contributed by atoms with Gasteiger partial charge in [0.15, 0.2) is 5.82 Å². The fourth-order valence-electron chi connectivity index (χ4n) is 4.58. The highest BCUT2D eigenvalue weighted by Gasteiger charge is 2.43. The molecule has 3 aromatic rings. The summed E-state index contributed by atoms with van der Waals surface area (Å²) in [6, 6.07) is 18.5. The monoisotopic (exact) mass is 447 g/mol. The van der Waals surface area contributed by atoms with Crippen LogP contribution in [0.2, 0.25) is 0 Å². The quantitative estimate of drug-likeness (QED) is 0.576. The SMILES string of the molecule is CCNC(=O)C1(Cc2cccc(-c3ccccc3)c2)CCCN(C(=O)Cc2nonc2N)C1. The van der Waals surface area contributed by atoms with Crippen molar-refractivity contribution < 1.29 is 14.2 Å². The Hall–Kier alpha value is -3.68. The first kappa shape index (κ1) is 22.5. The van der Waals surface area contributed by atoms with Crippen LogP contribution in [-0.2, 0) is 22.4 Å². The van der Waals surface area contributed by atoms with Crippen LogP contribution in [0.25, 0.3) is 11.1 Å². The number of hydrogen-bond acceptors (Lipinski definition) is 6. The maximum absolute atomic E-state index is 13.3. The number of likely N-dealkylation sites (tertiary alicyclic amines) is 1. The molecule has 0 saturated carbocycles. The first-order valence-electron chi connectivity index (χ1n) is 11.3. The smallest absolute Gasteiger partial charge is 0.228 e. The molecule has 172 valence electrons. The van der Waals surface area contributed by atoms with Gasteiger partial charge in [-0.2, -0.15) is 0 Å². The summed E-state index contributed by atoms with van der Waals surface area (Å²) >= 11 is 0. The minimum atomic E-state index is -0.702. The summed E-state index contributed by atoms with van der Waals surface area (Å²) in [5, 5.41) is 10.3. The van der Waals surface area contributed by atoms with Crippen LogP contribution in [-0.4, -0.2) is 46.7 Å². The molecule has 2 heterocycles. The van der Waals surface area contributed by atoms with Gasteiger partial charge in [0.05, 0.1) is 11.8 Å². The number of benzene rings is 2. The Morgan fingerprint density at radius 2 is 1.91 bits per heavy atom. The zero-order chi connectivity index (χ0) is 23.3. The number of hydrogen-bond donors (Lipinski definition) is 2. The molecule has 4 rings (SSSR count). The summed E-state index contributed by atoms with van der Waals surface area (Å²) in [5.74, 6) is -0.0351. The molecule has 0 aliphatic carbocycles. The third kappa shape index (κ3) is 5.05. The maximum Gasteiger partial charge on any atom is 0.228 e. The fraction of sp³-hybridized carbons (Fsp3) is 0.360. The number of carbonyl (C=O) groups is 2. The van der Waals surface area contributed by atoms with Crippen LogP contribution in [0.1, 0.15) is 31.0 Å². The Kier molecular flexibility index (Phi) is 6.72. The molecule has 3 N–H and O–H groups in total. The molecule has 8 nitrogen and oxygen atoms in total. The summed E-state index contributed by atoms with van der Waals surface area (Å²) in [5.41, 5.74) is 8.65. The predicted molar refractivity (Wildman–Crippen MR) is 125 cm³/mol. The zero-order valence-electron chi connectivity index (χ0n) is 18.8. The van der Waals surface area contributed by atoms with E-state index in [9.17, 15) is 9.59 Å². The lowest BCUT2D eigenvalue weighted by Gasteiger charge is -2.42. The molecule has 1 aromatic heterocycles. The minimum Gasteiger partial charge on any atom is -0.379 e. The van der Waals surface area contributed by atoms with E-state index in [0.29, 0.717) is 38.2 Å². The van der Waals surface area contributed by atoms with Crippen LogP contribution in [0.5, 0.6) is 0 Å². The molecule has 1 fully saturated rings. The van der Waals surface area contributed by atoms with Gasteiger partial charge in [-0.25, -0.2) is 4.63 Å². The number of amides is 2. The van der Waals surface area contributed by atoms with Gasteiger partial charge in [-0.3, -0.25) is 9.59 Å². The van der Waals surface area contributed by atoms with Crippen molar-refractivity contribution in [2.75, 3.05) is 25.4 Å². The van der Waals surface area contributed by atoms with E-state index in [0.717, 1.165) is 23.1 Å². The highest BCUT2D eigenvalue weighted by Crippen LogP contribution is 2.35. The molecular weight excluding hydrogens is 418 g/mol. The Labute approximate surface area is 193 Å². The van der Waals surface area contributed by atoms with Gasteiger partial charge in [-0.05, 0) is 48.0 Å². The van der Waals surface area contributed by atoms with Crippen molar-refractivity contribution in [2.24, 2.45) is 5.41 Å². The number of nitrogens with one attached hydrogen (secondary N) is 1. The number of anilines is 1. The molecule has 0 bridgehead atoms. The van der Waals surface area contributed by atoms with Crippen molar-refractivity contribution in [2.45, 2.75) is 32.6 Å². The topological polar surface area (TPSA) is 114 Å². The van der Waals surface area contributed by atoms with Gasteiger partial charge >= 0.3 is 0 Å².